The highest BCUT2D eigenvalue weighted by atomic mass is 16.4. The molecule has 0 bridgehead atoms. The average Bonchev–Trinajstić information content (AvgIpc) is 2.25. The number of hydrogen-bond acceptors (Lipinski definition) is 3. The lowest BCUT2D eigenvalue weighted by molar-refractivity contribution is -0.132. The van der Waals surface area contributed by atoms with Crippen molar-refractivity contribution in [1.29, 1.82) is 0 Å². The number of aromatic nitrogens is 1. The van der Waals surface area contributed by atoms with Crippen LogP contribution in [0.15, 0.2) is 30.4 Å². The van der Waals surface area contributed by atoms with Crippen molar-refractivity contribution in [1.82, 2.24) is 9.88 Å². The molecule has 5 nitrogen and oxygen atoms in total. The number of carboxylic acids is 1. The van der Waals surface area contributed by atoms with Gasteiger partial charge in [-0.1, -0.05) is 6.07 Å². The van der Waals surface area contributed by atoms with Gasteiger partial charge in [-0.25, -0.2) is 4.79 Å². The maximum atomic E-state index is 11.5. The fourth-order valence-corrected chi connectivity index (χ4v) is 1.28. The zero-order chi connectivity index (χ0) is 12.8. The van der Waals surface area contributed by atoms with Crippen LogP contribution in [0.25, 0.3) is 0 Å². The number of rotatable bonds is 4. The molecular weight excluding hydrogens is 220 g/mol. The lowest BCUT2D eigenvalue weighted by Gasteiger charge is -2.14. The Morgan fingerprint density at radius 1 is 1.41 bits per heavy atom. The SMILES string of the molecule is Cc1cccc(CN(C)C(=O)C=CC(=O)O)n1. The van der Waals surface area contributed by atoms with Crippen LogP contribution in [0.5, 0.6) is 0 Å². The number of nitrogens with zero attached hydrogens (tertiary/aromatic N) is 2. The Balaban J connectivity index is 2.63. The fraction of sp³-hybridized carbons (Fsp3) is 0.250. The summed E-state index contributed by atoms with van der Waals surface area (Å²) in [6.07, 6.45) is 1.85. The summed E-state index contributed by atoms with van der Waals surface area (Å²) in [5, 5.41) is 8.40. The summed E-state index contributed by atoms with van der Waals surface area (Å²) in [6.45, 7) is 2.22. The Morgan fingerprint density at radius 3 is 2.71 bits per heavy atom. The third-order valence-corrected chi connectivity index (χ3v) is 2.09. The minimum atomic E-state index is -1.14. The second-order valence-electron chi connectivity index (χ2n) is 3.64. The molecule has 1 heterocycles. The van der Waals surface area contributed by atoms with Crippen molar-refractivity contribution < 1.29 is 14.7 Å². The maximum Gasteiger partial charge on any atom is 0.328 e. The van der Waals surface area contributed by atoms with Crippen LogP contribution in [0.3, 0.4) is 0 Å². The van der Waals surface area contributed by atoms with E-state index in [0.717, 1.165) is 23.5 Å². The largest absolute Gasteiger partial charge is 0.478 e. The number of aliphatic carboxylic acids is 1. The number of hydrogen-bond donors (Lipinski definition) is 1. The molecule has 0 aliphatic rings. The molecule has 0 fully saturated rings. The highest BCUT2D eigenvalue weighted by Gasteiger charge is 2.07. The smallest absolute Gasteiger partial charge is 0.328 e. The van der Waals surface area contributed by atoms with E-state index in [1.54, 1.807) is 7.05 Å². The second kappa shape index (κ2) is 5.79. The molecule has 0 unspecified atom stereocenters. The fourth-order valence-electron chi connectivity index (χ4n) is 1.28. The lowest BCUT2D eigenvalue weighted by Crippen LogP contribution is -2.24. The van der Waals surface area contributed by atoms with Gasteiger partial charge in [-0.3, -0.25) is 9.78 Å². The van der Waals surface area contributed by atoms with Crippen LogP contribution in [-0.4, -0.2) is 33.9 Å². The van der Waals surface area contributed by atoms with E-state index in [0.29, 0.717) is 6.54 Å². The third-order valence-electron chi connectivity index (χ3n) is 2.09. The molecule has 1 N–H and O–H groups in total. The molecule has 90 valence electrons. The topological polar surface area (TPSA) is 70.5 Å². The normalized spacial score (nSPS) is 10.5. The minimum Gasteiger partial charge on any atom is -0.478 e. The molecule has 0 aliphatic carbocycles. The molecule has 0 aromatic carbocycles. The molecule has 1 amide bonds. The van der Waals surface area contributed by atoms with Gasteiger partial charge in [0.25, 0.3) is 0 Å². The van der Waals surface area contributed by atoms with Gasteiger partial charge in [0.05, 0.1) is 12.2 Å². The van der Waals surface area contributed by atoms with Crippen molar-refractivity contribution in [3.63, 3.8) is 0 Å². The Kier molecular flexibility index (Phi) is 4.39. The highest BCUT2D eigenvalue weighted by molar-refractivity contribution is 5.93. The second-order valence-corrected chi connectivity index (χ2v) is 3.64. The van der Waals surface area contributed by atoms with Gasteiger partial charge in [-0.2, -0.15) is 0 Å². The van der Waals surface area contributed by atoms with E-state index in [-0.39, 0.29) is 5.91 Å². The van der Waals surface area contributed by atoms with Crippen LogP contribution in [0, 0.1) is 6.92 Å². The van der Waals surface area contributed by atoms with E-state index in [4.69, 9.17) is 5.11 Å². The molecule has 0 saturated heterocycles. The predicted octanol–water partition coefficient (Wildman–Crippen LogP) is 0.989. The average molecular weight is 234 g/mol. The van der Waals surface area contributed by atoms with E-state index in [9.17, 15) is 9.59 Å². The summed E-state index contributed by atoms with van der Waals surface area (Å²) >= 11 is 0. The molecule has 0 saturated carbocycles. The molecule has 17 heavy (non-hydrogen) atoms. The van der Waals surface area contributed by atoms with Crippen LogP contribution in [0.2, 0.25) is 0 Å². The Morgan fingerprint density at radius 2 is 2.12 bits per heavy atom. The molecular formula is C12H14N2O3. The Hall–Kier alpha value is -2.17. The third kappa shape index (κ3) is 4.46. The van der Waals surface area contributed by atoms with Gasteiger partial charge in [0.2, 0.25) is 5.91 Å². The zero-order valence-corrected chi connectivity index (χ0v) is 9.75. The molecule has 0 spiro atoms. The number of pyridine rings is 1. The Bertz CT molecular complexity index is 455. The molecule has 0 aliphatic heterocycles. The number of likely N-dealkylation sites (N-methyl/N-ethyl adjacent to an activating group) is 1. The summed E-state index contributed by atoms with van der Waals surface area (Å²) in [5.41, 5.74) is 1.65. The van der Waals surface area contributed by atoms with Crippen molar-refractivity contribution in [3.8, 4) is 0 Å². The molecule has 1 aromatic rings. The molecule has 5 heteroatoms. The number of carbonyl (C=O) groups is 2. The summed E-state index contributed by atoms with van der Waals surface area (Å²) in [7, 11) is 1.60. The number of carboxylic acid groups (broad SMARTS) is 1. The van der Waals surface area contributed by atoms with Crippen LogP contribution < -0.4 is 0 Å². The lowest BCUT2D eigenvalue weighted by atomic mass is 10.3. The van der Waals surface area contributed by atoms with Gasteiger partial charge >= 0.3 is 5.97 Å². The standard InChI is InChI=1S/C12H14N2O3/c1-9-4-3-5-10(13-9)8-14(2)11(15)6-7-12(16)17/h3-7H,8H2,1-2H3,(H,16,17). The van der Waals surface area contributed by atoms with E-state index in [1.165, 1.54) is 4.90 Å². The van der Waals surface area contributed by atoms with E-state index in [2.05, 4.69) is 4.98 Å². The minimum absolute atomic E-state index is 0.352. The van der Waals surface area contributed by atoms with Gasteiger partial charge < -0.3 is 10.0 Å². The number of aryl methyl sites for hydroxylation is 1. The van der Waals surface area contributed by atoms with E-state index in [1.807, 2.05) is 25.1 Å². The first kappa shape index (κ1) is 12.9. The first-order valence-corrected chi connectivity index (χ1v) is 5.07. The van der Waals surface area contributed by atoms with Gasteiger partial charge in [-0.15, -0.1) is 0 Å². The van der Waals surface area contributed by atoms with Gasteiger partial charge in [0.15, 0.2) is 0 Å². The molecule has 0 atom stereocenters. The first-order chi connectivity index (χ1) is 7.99. The molecule has 1 aromatic heterocycles. The number of amides is 1. The number of carbonyl (C=O) groups excluding carboxylic acids is 1. The maximum absolute atomic E-state index is 11.5. The van der Waals surface area contributed by atoms with Crippen molar-refractivity contribution in [2.24, 2.45) is 0 Å². The molecule has 1 rings (SSSR count). The monoisotopic (exact) mass is 234 g/mol. The van der Waals surface area contributed by atoms with Crippen molar-refractivity contribution in [3.05, 3.63) is 41.7 Å². The zero-order valence-electron chi connectivity index (χ0n) is 9.75. The van der Waals surface area contributed by atoms with Gasteiger partial charge in [0.1, 0.15) is 0 Å². The first-order valence-electron chi connectivity index (χ1n) is 5.07. The van der Waals surface area contributed by atoms with Crippen molar-refractivity contribution in [2.45, 2.75) is 13.5 Å². The highest BCUT2D eigenvalue weighted by Crippen LogP contribution is 2.02. The van der Waals surface area contributed by atoms with Crippen LogP contribution in [0.4, 0.5) is 0 Å². The van der Waals surface area contributed by atoms with Crippen molar-refractivity contribution >= 4 is 11.9 Å². The van der Waals surface area contributed by atoms with Crippen LogP contribution in [0.1, 0.15) is 11.4 Å². The summed E-state index contributed by atoms with van der Waals surface area (Å²) < 4.78 is 0. The predicted molar refractivity (Wildman–Crippen MR) is 62.2 cm³/mol. The quantitative estimate of drug-likeness (QED) is 0.789. The van der Waals surface area contributed by atoms with Crippen LogP contribution >= 0.6 is 0 Å². The van der Waals surface area contributed by atoms with E-state index >= 15 is 0 Å². The van der Waals surface area contributed by atoms with Crippen molar-refractivity contribution in [2.75, 3.05) is 7.05 Å². The van der Waals surface area contributed by atoms with E-state index < -0.39 is 5.97 Å². The summed E-state index contributed by atoms with van der Waals surface area (Å²) in [5.74, 6) is -1.50. The van der Waals surface area contributed by atoms with Gasteiger partial charge in [-0.05, 0) is 19.1 Å². The van der Waals surface area contributed by atoms with Crippen LogP contribution in [-0.2, 0) is 16.1 Å². The Labute approximate surface area is 99.4 Å². The van der Waals surface area contributed by atoms with Gasteiger partial charge in [0, 0.05) is 24.9 Å². The molecule has 0 radical (unpaired) electrons. The summed E-state index contributed by atoms with van der Waals surface area (Å²) in [6, 6.07) is 5.55. The summed E-state index contributed by atoms with van der Waals surface area (Å²) in [4.78, 5) is 27.4.